The molecule has 0 aromatic carbocycles. The van der Waals surface area contributed by atoms with E-state index in [1.165, 1.54) is 11.3 Å². The second kappa shape index (κ2) is 4.16. The molecule has 0 radical (unpaired) electrons. The summed E-state index contributed by atoms with van der Waals surface area (Å²) in [6, 6.07) is 5.39. The third-order valence-corrected chi connectivity index (χ3v) is 3.37. The predicted octanol–water partition coefficient (Wildman–Crippen LogP) is 2.79. The highest BCUT2D eigenvalue weighted by molar-refractivity contribution is 9.11. The Labute approximate surface area is 98.8 Å². The zero-order chi connectivity index (χ0) is 10.8. The first-order chi connectivity index (χ1) is 7.15. The summed E-state index contributed by atoms with van der Waals surface area (Å²) < 4.78 is 0.936. The van der Waals surface area contributed by atoms with Gasteiger partial charge >= 0.3 is 0 Å². The fourth-order valence-corrected chi connectivity index (χ4v) is 2.38. The van der Waals surface area contributed by atoms with Crippen molar-refractivity contribution in [3.05, 3.63) is 32.6 Å². The van der Waals surface area contributed by atoms with Gasteiger partial charge in [0, 0.05) is 11.8 Å². The third-order valence-electron chi connectivity index (χ3n) is 1.74. The quantitative estimate of drug-likeness (QED) is 0.891. The summed E-state index contributed by atoms with van der Waals surface area (Å²) >= 11 is 4.70. The van der Waals surface area contributed by atoms with Crippen LogP contribution in [0.4, 0.5) is 5.82 Å². The Morgan fingerprint density at radius 1 is 1.60 bits per heavy atom. The van der Waals surface area contributed by atoms with Gasteiger partial charge in [-0.3, -0.25) is 9.89 Å². The molecule has 2 heterocycles. The predicted molar refractivity (Wildman–Crippen MR) is 63.3 cm³/mol. The van der Waals surface area contributed by atoms with Gasteiger partial charge in [0.05, 0.1) is 8.66 Å². The van der Waals surface area contributed by atoms with E-state index in [-0.39, 0.29) is 5.91 Å². The minimum absolute atomic E-state index is 0.141. The van der Waals surface area contributed by atoms with E-state index in [2.05, 4.69) is 31.4 Å². The van der Waals surface area contributed by atoms with Crippen molar-refractivity contribution in [2.75, 3.05) is 5.32 Å². The van der Waals surface area contributed by atoms with Gasteiger partial charge in [-0.1, -0.05) is 0 Å². The van der Waals surface area contributed by atoms with Crippen LogP contribution in [0.5, 0.6) is 0 Å². The van der Waals surface area contributed by atoms with Crippen LogP contribution in [0.3, 0.4) is 0 Å². The molecule has 4 nitrogen and oxygen atoms in total. The van der Waals surface area contributed by atoms with Crippen molar-refractivity contribution in [1.29, 1.82) is 0 Å². The van der Waals surface area contributed by atoms with Gasteiger partial charge in [-0.05, 0) is 35.0 Å². The number of carbonyl (C=O) groups is 1. The van der Waals surface area contributed by atoms with Gasteiger partial charge in [-0.15, -0.1) is 11.3 Å². The van der Waals surface area contributed by atoms with Crippen LogP contribution in [0.2, 0.25) is 0 Å². The van der Waals surface area contributed by atoms with Crippen LogP contribution >= 0.6 is 27.3 Å². The summed E-state index contributed by atoms with van der Waals surface area (Å²) in [6.45, 7) is 1.88. The van der Waals surface area contributed by atoms with E-state index in [0.717, 1.165) is 9.48 Å². The lowest BCUT2D eigenvalue weighted by Crippen LogP contribution is -2.10. The molecule has 0 aliphatic carbocycles. The molecule has 2 aromatic rings. The summed E-state index contributed by atoms with van der Waals surface area (Å²) in [5.74, 6) is 0.402. The molecule has 0 bridgehead atoms. The Morgan fingerprint density at radius 3 is 2.93 bits per heavy atom. The smallest absolute Gasteiger partial charge is 0.266 e. The summed E-state index contributed by atoms with van der Waals surface area (Å²) in [5.41, 5.74) is 0.915. The number of nitrogens with zero attached hydrogens (tertiary/aromatic N) is 1. The van der Waals surface area contributed by atoms with Gasteiger partial charge in [-0.25, -0.2) is 0 Å². The average molecular weight is 286 g/mol. The molecule has 2 N–H and O–H groups in total. The standard InChI is InChI=1S/C9H8BrN3OS/c1-5-4-8(13-12-5)11-9(14)6-2-3-7(10)15-6/h2-4H,1H3,(H2,11,12,13,14). The number of hydrogen-bond donors (Lipinski definition) is 2. The van der Waals surface area contributed by atoms with Crippen LogP contribution < -0.4 is 5.32 Å². The average Bonchev–Trinajstić information content (AvgIpc) is 2.75. The number of aromatic amines is 1. The van der Waals surface area contributed by atoms with Gasteiger partial charge in [0.15, 0.2) is 5.82 Å². The minimum atomic E-state index is -0.141. The molecular formula is C9H8BrN3OS. The molecule has 15 heavy (non-hydrogen) atoms. The van der Waals surface area contributed by atoms with Crippen molar-refractivity contribution in [2.24, 2.45) is 0 Å². The monoisotopic (exact) mass is 285 g/mol. The number of nitrogens with one attached hydrogen (secondary N) is 2. The number of carbonyl (C=O) groups excluding carboxylic acids is 1. The summed E-state index contributed by atoms with van der Waals surface area (Å²) in [5, 5.41) is 9.38. The number of aryl methyl sites for hydroxylation is 1. The van der Waals surface area contributed by atoms with Crippen LogP contribution in [0, 0.1) is 6.92 Å². The van der Waals surface area contributed by atoms with Crippen molar-refractivity contribution >= 4 is 39.0 Å². The SMILES string of the molecule is Cc1cc(NC(=O)c2ccc(Br)s2)n[nH]1. The Kier molecular flexibility index (Phi) is 2.88. The largest absolute Gasteiger partial charge is 0.304 e. The van der Waals surface area contributed by atoms with E-state index in [9.17, 15) is 4.79 Å². The van der Waals surface area contributed by atoms with E-state index in [1.807, 2.05) is 13.0 Å². The van der Waals surface area contributed by atoms with Gasteiger partial charge in [-0.2, -0.15) is 5.10 Å². The number of rotatable bonds is 2. The maximum Gasteiger partial charge on any atom is 0.266 e. The van der Waals surface area contributed by atoms with E-state index >= 15 is 0 Å². The molecule has 0 saturated carbocycles. The van der Waals surface area contributed by atoms with E-state index in [4.69, 9.17) is 0 Å². The highest BCUT2D eigenvalue weighted by Gasteiger charge is 2.09. The molecule has 0 saturated heterocycles. The molecule has 0 aliphatic rings. The second-order valence-corrected chi connectivity index (χ2v) is 5.46. The fraction of sp³-hybridized carbons (Fsp3) is 0.111. The first-order valence-corrected chi connectivity index (χ1v) is 5.85. The van der Waals surface area contributed by atoms with Crippen LogP contribution in [0.25, 0.3) is 0 Å². The zero-order valence-corrected chi connectivity index (χ0v) is 10.3. The van der Waals surface area contributed by atoms with Gasteiger partial charge in [0.1, 0.15) is 0 Å². The van der Waals surface area contributed by atoms with Crippen LogP contribution in [-0.2, 0) is 0 Å². The second-order valence-electron chi connectivity index (χ2n) is 2.99. The van der Waals surface area contributed by atoms with E-state index in [0.29, 0.717) is 10.7 Å². The maximum absolute atomic E-state index is 11.7. The topological polar surface area (TPSA) is 57.8 Å². The normalized spacial score (nSPS) is 10.3. The number of halogens is 1. The van der Waals surface area contributed by atoms with Crippen LogP contribution in [0.15, 0.2) is 22.0 Å². The number of H-pyrrole nitrogens is 1. The van der Waals surface area contributed by atoms with Crippen molar-refractivity contribution in [3.8, 4) is 0 Å². The summed E-state index contributed by atoms with van der Waals surface area (Å²) in [6.07, 6.45) is 0. The highest BCUT2D eigenvalue weighted by atomic mass is 79.9. The summed E-state index contributed by atoms with van der Waals surface area (Å²) in [4.78, 5) is 12.3. The molecule has 0 unspecified atom stereocenters. The molecule has 2 rings (SSSR count). The molecule has 0 atom stereocenters. The number of hydrogen-bond acceptors (Lipinski definition) is 3. The first-order valence-electron chi connectivity index (χ1n) is 4.24. The van der Waals surface area contributed by atoms with Crippen LogP contribution in [0.1, 0.15) is 15.4 Å². The molecular weight excluding hydrogens is 278 g/mol. The molecule has 1 amide bonds. The van der Waals surface area contributed by atoms with Crippen molar-refractivity contribution in [3.63, 3.8) is 0 Å². The highest BCUT2D eigenvalue weighted by Crippen LogP contribution is 2.22. The number of anilines is 1. The molecule has 0 aliphatic heterocycles. The van der Waals surface area contributed by atoms with Crippen molar-refractivity contribution in [1.82, 2.24) is 10.2 Å². The van der Waals surface area contributed by atoms with E-state index < -0.39 is 0 Å². The van der Waals surface area contributed by atoms with Gasteiger partial charge < -0.3 is 5.32 Å². The third kappa shape index (κ3) is 2.45. The minimum Gasteiger partial charge on any atom is -0.304 e. The lowest BCUT2D eigenvalue weighted by molar-refractivity contribution is 0.103. The first kappa shape index (κ1) is 10.4. The molecule has 2 aromatic heterocycles. The lowest BCUT2D eigenvalue weighted by Gasteiger charge is -1.97. The Bertz CT molecular complexity index is 491. The Hall–Kier alpha value is -1.14. The Morgan fingerprint density at radius 2 is 2.40 bits per heavy atom. The van der Waals surface area contributed by atoms with Gasteiger partial charge in [0.25, 0.3) is 5.91 Å². The summed E-state index contributed by atoms with van der Waals surface area (Å²) in [7, 11) is 0. The number of thiophene rings is 1. The van der Waals surface area contributed by atoms with Gasteiger partial charge in [0.2, 0.25) is 0 Å². The molecule has 0 spiro atoms. The number of aromatic nitrogens is 2. The van der Waals surface area contributed by atoms with Crippen molar-refractivity contribution < 1.29 is 4.79 Å². The Balaban J connectivity index is 2.10. The molecule has 0 fully saturated rings. The fourth-order valence-electron chi connectivity index (χ4n) is 1.10. The zero-order valence-electron chi connectivity index (χ0n) is 7.87. The lowest BCUT2D eigenvalue weighted by atomic mass is 10.4. The maximum atomic E-state index is 11.7. The molecule has 78 valence electrons. The molecule has 6 heteroatoms. The number of amides is 1. The van der Waals surface area contributed by atoms with E-state index in [1.54, 1.807) is 12.1 Å². The van der Waals surface area contributed by atoms with Crippen LogP contribution in [-0.4, -0.2) is 16.1 Å². The van der Waals surface area contributed by atoms with Crippen molar-refractivity contribution in [2.45, 2.75) is 6.92 Å².